The standard InChI is InChI=1S/C22H30F2N2O2/c23-19-10-5-8-18(12-19)22-26-21(16-28-22)15-27-14-20(24)9-2-1-6-17-7-3-4-11-25-13-17/h5,8,10,12,16-17,20,25H,1-4,6-7,9,11,13-15H2. The first-order chi connectivity index (χ1) is 13.7. The van der Waals surface area contributed by atoms with Crippen molar-refractivity contribution >= 4 is 0 Å². The van der Waals surface area contributed by atoms with Crippen LogP contribution >= 0.6 is 0 Å². The number of halogens is 2. The molecular weight excluding hydrogens is 362 g/mol. The maximum absolute atomic E-state index is 14.0. The predicted molar refractivity (Wildman–Crippen MR) is 105 cm³/mol. The molecule has 0 amide bonds. The van der Waals surface area contributed by atoms with Crippen LogP contribution in [0.4, 0.5) is 8.78 Å². The van der Waals surface area contributed by atoms with E-state index in [2.05, 4.69) is 10.3 Å². The third-order valence-corrected chi connectivity index (χ3v) is 5.20. The number of unbranched alkanes of at least 4 members (excludes halogenated alkanes) is 1. The molecule has 0 radical (unpaired) electrons. The zero-order valence-electron chi connectivity index (χ0n) is 16.3. The summed E-state index contributed by atoms with van der Waals surface area (Å²) < 4.78 is 38.1. The fourth-order valence-corrected chi connectivity index (χ4v) is 3.64. The molecule has 154 valence electrons. The smallest absolute Gasteiger partial charge is 0.226 e. The van der Waals surface area contributed by atoms with Gasteiger partial charge >= 0.3 is 0 Å². The van der Waals surface area contributed by atoms with E-state index in [9.17, 15) is 8.78 Å². The average molecular weight is 392 g/mol. The summed E-state index contributed by atoms with van der Waals surface area (Å²) >= 11 is 0. The second-order valence-electron chi connectivity index (χ2n) is 7.62. The lowest BCUT2D eigenvalue weighted by molar-refractivity contribution is 0.0635. The number of oxazole rings is 1. The highest BCUT2D eigenvalue weighted by Crippen LogP contribution is 2.21. The number of hydrogen-bond donors (Lipinski definition) is 1. The van der Waals surface area contributed by atoms with E-state index < -0.39 is 6.17 Å². The van der Waals surface area contributed by atoms with Crippen molar-refractivity contribution in [2.45, 2.75) is 57.7 Å². The second kappa shape index (κ2) is 11.3. The van der Waals surface area contributed by atoms with Gasteiger partial charge in [0.1, 0.15) is 23.9 Å². The van der Waals surface area contributed by atoms with E-state index in [4.69, 9.17) is 9.15 Å². The first-order valence-corrected chi connectivity index (χ1v) is 10.3. The lowest BCUT2D eigenvalue weighted by Crippen LogP contribution is -2.20. The van der Waals surface area contributed by atoms with Gasteiger partial charge in [-0.15, -0.1) is 0 Å². The molecule has 28 heavy (non-hydrogen) atoms. The van der Waals surface area contributed by atoms with Gasteiger partial charge < -0.3 is 14.5 Å². The number of nitrogens with zero attached hydrogens (tertiary/aromatic N) is 1. The van der Waals surface area contributed by atoms with Gasteiger partial charge in [-0.2, -0.15) is 0 Å². The van der Waals surface area contributed by atoms with Crippen LogP contribution in [-0.2, 0) is 11.3 Å². The van der Waals surface area contributed by atoms with Crippen LogP contribution in [0, 0.1) is 11.7 Å². The molecule has 0 spiro atoms. The summed E-state index contributed by atoms with van der Waals surface area (Å²) in [5.74, 6) is 0.739. The van der Waals surface area contributed by atoms with E-state index in [1.54, 1.807) is 12.1 Å². The summed E-state index contributed by atoms with van der Waals surface area (Å²) in [5.41, 5.74) is 1.14. The van der Waals surface area contributed by atoms with Crippen molar-refractivity contribution in [1.82, 2.24) is 10.3 Å². The van der Waals surface area contributed by atoms with Crippen LogP contribution in [0.1, 0.15) is 50.6 Å². The molecule has 2 aromatic rings. The molecule has 0 aliphatic carbocycles. The molecule has 1 aliphatic heterocycles. The lowest BCUT2D eigenvalue weighted by atomic mass is 9.96. The van der Waals surface area contributed by atoms with E-state index >= 15 is 0 Å². The zero-order valence-corrected chi connectivity index (χ0v) is 16.3. The maximum Gasteiger partial charge on any atom is 0.226 e. The number of nitrogens with one attached hydrogen (secondary N) is 1. The minimum atomic E-state index is -0.957. The summed E-state index contributed by atoms with van der Waals surface area (Å²) in [6.07, 6.45) is 8.08. The Balaban J connectivity index is 1.29. The number of rotatable bonds is 10. The van der Waals surface area contributed by atoms with Crippen LogP contribution in [0.25, 0.3) is 11.5 Å². The topological polar surface area (TPSA) is 47.3 Å². The molecule has 1 saturated heterocycles. The highest BCUT2D eigenvalue weighted by atomic mass is 19.1. The first-order valence-electron chi connectivity index (χ1n) is 10.3. The van der Waals surface area contributed by atoms with Crippen molar-refractivity contribution in [3.63, 3.8) is 0 Å². The van der Waals surface area contributed by atoms with E-state index in [1.165, 1.54) is 44.1 Å². The summed E-state index contributed by atoms with van der Waals surface area (Å²) in [6.45, 7) is 2.49. The molecule has 4 nitrogen and oxygen atoms in total. The highest BCUT2D eigenvalue weighted by molar-refractivity contribution is 5.52. The number of benzene rings is 1. The van der Waals surface area contributed by atoms with Crippen molar-refractivity contribution in [1.29, 1.82) is 0 Å². The fourth-order valence-electron chi connectivity index (χ4n) is 3.64. The van der Waals surface area contributed by atoms with Gasteiger partial charge in [0.15, 0.2) is 0 Å². The maximum atomic E-state index is 14.0. The van der Waals surface area contributed by atoms with Gasteiger partial charge in [0.05, 0.1) is 13.2 Å². The van der Waals surface area contributed by atoms with Gasteiger partial charge in [0.25, 0.3) is 0 Å². The van der Waals surface area contributed by atoms with Gasteiger partial charge in [0, 0.05) is 5.56 Å². The Morgan fingerprint density at radius 1 is 1.29 bits per heavy atom. The Morgan fingerprint density at radius 3 is 3.11 bits per heavy atom. The molecular formula is C22H30F2N2O2. The van der Waals surface area contributed by atoms with Gasteiger partial charge in [-0.1, -0.05) is 25.3 Å². The summed E-state index contributed by atoms with van der Waals surface area (Å²) in [7, 11) is 0. The van der Waals surface area contributed by atoms with Crippen molar-refractivity contribution in [2.75, 3.05) is 19.7 Å². The average Bonchev–Trinajstić information content (AvgIpc) is 3.01. The molecule has 0 bridgehead atoms. The molecule has 2 unspecified atom stereocenters. The Labute approximate surface area is 165 Å². The molecule has 1 aliphatic rings. The molecule has 1 fully saturated rings. The summed E-state index contributed by atoms with van der Waals surface area (Å²) in [4.78, 5) is 4.27. The van der Waals surface area contributed by atoms with Gasteiger partial charge in [0.2, 0.25) is 5.89 Å². The highest BCUT2D eigenvalue weighted by Gasteiger charge is 2.13. The van der Waals surface area contributed by atoms with E-state index in [-0.39, 0.29) is 19.0 Å². The van der Waals surface area contributed by atoms with Crippen molar-refractivity contribution < 1.29 is 17.9 Å². The third-order valence-electron chi connectivity index (χ3n) is 5.20. The van der Waals surface area contributed by atoms with Crippen molar-refractivity contribution in [3.8, 4) is 11.5 Å². The van der Waals surface area contributed by atoms with E-state index in [1.807, 2.05) is 0 Å². The molecule has 6 heteroatoms. The van der Waals surface area contributed by atoms with Crippen LogP contribution in [0.5, 0.6) is 0 Å². The second-order valence-corrected chi connectivity index (χ2v) is 7.62. The molecule has 3 rings (SSSR count). The molecule has 0 saturated carbocycles. The summed E-state index contributed by atoms with van der Waals surface area (Å²) in [6, 6.07) is 6.05. The third kappa shape index (κ3) is 6.99. The van der Waals surface area contributed by atoms with E-state index in [0.717, 1.165) is 31.8 Å². The van der Waals surface area contributed by atoms with Crippen molar-refractivity contribution in [2.24, 2.45) is 5.92 Å². The SMILES string of the molecule is Fc1cccc(-c2nc(COCC(F)CCCCC3CCCCNC3)co2)c1. The minimum absolute atomic E-state index is 0.0626. The molecule has 1 N–H and O–H groups in total. The van der Waals surface area contributed by atoms with Crippen LogP contribution < -0.4 is 5.32 Å². The quantitative estimate of drug-likeness (QED) is 0.559. The summed E-state index contributed by atoms with van der Waals surface area (Å²) in [5, 5.41) is 3.48. The number of hydrogen-bond acceptors (Lipinski definition) is 4. The molecule has 1 aromatic heterocycles. The lowest BCUT2D eigenvalue weighted by Gasteiger charge is -2.14. The number of alkyl halides is 1. The first kappa shape index (κ1) is 20.9. The van der Waals surface area contributed by atoms with Crippen molar-refractivity contribution in [3.05, 3.63) is 42.0 Å². The zero-order chi connectivity index (χ0) is 19.6. The minimum Gasteiger partial charge on any atom is -0.444 e. The normalized spacial score (nSPS) is 18.7. The number of ether oxygens (including phenoxy) is 1. The molecule has 2 atom stereocenters. The van der Waals surface area contributed by atoms with Gasteiger partial charge in [-0.25, -0.2) is 13.8 Å². The largest absolute Gasteiger partial charge is 0.444 e. The van der Waals surface area contributed by atoms with Gasteiger partial charge in [-0.05, 0) is 62.9 Å². The Morgan fingerprint density at radius 2 is 2.21 bits per heavy atom. The molecule has 1 aromatic carbocycles. The van der Waals surface area contributed by atoms with Crippen LogP contribution in [0.2, 0.25) is 0 Å². The monoisotopic (exact) mass is 392 g/mol. The van der Waals surface area contributed by atoms with Crippen LogP contribution in [0.3, 0.4) is 0 Å². The van der Waals surface area contributed by atoms with Gasteiger partial charge in [-0.3, -0.25) is 0 Å². The van der Waals surface area contributed by atoms with Crippen LogP contribution in [-0.4, -0.2) is 30.9 Å². The van der Waals surface area contributed by atoms with Crippen LogP contribution in [0.15, 0.2) is 34.9 Å². The van der Waals surface area contributed by atoms with E-state index in [0.29, 0.717) is 23.6 Å². The Hall–Kier alpha value is -1.79. The predicted octanol–water partition coefficient (Wildman–Crippen LogP) is 5.29. The fraction of sp³-hybridized carbons (Fsp3) is 0.591. The number of aromatic nitrogens is 1. The Bertz CT molecular complexity index is 699. The Kier molecular flexibility index (Phi) is 8.42. The molecule has 2 heterocycles.